The number of amides is 1. The van der Waals surface area contributed by atoms with Crippen LogP contribution in [0.3, 0.4) is 0 Å². The normalized spacial score (nSPS) is 9.83. The summed E-state index contributed by atoms with van der Waals surface area (Å²) in [6, 6.07) is 3.70. The number of rotatable bonds is 5. The number of carbonyl (C=O) groups excluding carboxylic acids is 2. The third-order valence-corrected chi connectivity index (χ3v) is 2.19. The van der Waals surface area contributed by atoms with Gasteiger partial charge in [0.15, 0.2) is 5.69 Å². The second-order valence-electron chi connectivity index (χ2n) is 3.68. The van der Waals surface area contributed by atoms with Crippen LogP contribution in [0.15, 0.2) is 18.2 Å². The molecule has 2 N–H and O–H groups in total. The van der Waals surface area contributed by atoms with Crippen molar-refractivity contribution < 1.29 is 19.6 Å². The lowest BCUT2D eigenvalue weighted by Gasteiger charge is -2.07. The molecule has 0 fully saturated rings. The SMILES string of the molecule is CC(=O)CCC(=O)Nc1c(O)cccc1[N+](=O)[O-]. The van der Waals surface area contributed by atoms with Crippen molar-refractivity contribution in [3.05, 3.63) is 28.3 Å². The number of benzene rings is 1. The first kappa shape index (κ1) is 13.6. The van der Waals surface area contributed by atoms with E-state index in [1.165, 1.54) is 25.1 Å². The van der Waals surface area contributed by atoms with Crippen LogP contribution in [0.5, 0.6) is 5.75 Å². The van der Waals surface area contributed by atoms with Gasteiger partial charge in [0.25, 0.3) is 5.69 Å². The maximum Gasteiger partial charge on any atom is 0.296 e. The average Bonchev–Trinajstić information content (AvgIpc) is 2.28. The molecule has 0 bridgehead atoms. The zero-order valence-corrected chi connectivity index (χ0v) is 9.67. The van der Waals surface area contributed by atoms with Crippen LogP contribution in [0, 0.1) is 10.1 Å². The molecule has 1 aromatic rings. The highest BCUT2D eigenvalue weighted by atomic mass is 16.6. The van der Waals surface area contributed by atoms with Gasteiger partial charge in [0.2, 0.25) is 5.91 Å². The molecule has 96 valence electrons. The van der Waals surface area contributed by atoms with Crippen LogP contribution in [0.4, 0.5) is 11.4 Å². The lowest BCUT2D eigenvalue weighted by atomic mass is 10.2. The van der Waals surface area contributed by atoms with Gasteiger partial charge in [0.05, 0.1) is 4.92 Å². The van der Waals surface area contributed by atoms with Crippen molar-refractivity contribution in [3.8, 4) is 5.75 Å². The van der Waals surface area contributed by atoms with E-state index in [0.717, 1.165) is 0 Å². The first-order valence-corrected chi connectivity index (χ1v) is 5.17. The molecule has 0 aliphatic heterocycles. The Kier molecular flexibility index (Phi) is 4.36. The van der Waals surface area contributed by atoms with E-state index >= 15 is 0 Å². The van der Waals surface area contributed by atoms with Crippen LogP contribution in [-0.2, 0) is 9.59 Å². The first-order chi connectivity index (χ1) is 8.41. The Bertz CT molecular complexity index is 498. The van der Waals surface area contributed by atoms with Crippen LogP contribution in [0.25, 0.3) is 0 Å². The molecule has 0 aliphatic rings. The topological polar surface area (TPSA) is 110 Å². The van der Waals surface area contributed by atoms with E-state index in [4.69, 9.17) is 0 Å². The lowest BCUT2D eigenvalue weighted by molar-refractivity contribution is -0.384. The van der Waals surface area contributed by atoms with Crippen molar-refractivity contribution in [2.75, 3.05) is 5.32 Å². The molecule has 1 aromatic carbocycles. The van der Waals surface area contributed by atoms with Gasteiger partial charge in [-0.2, -0.15) is 0 Å². The molecule has 7 heteroatoms. The minimum atomic E-state index is -0.708. The van der Waals surface area contributed by atoms with Gasteiger partial charge in [-0.05, 0) is 13.0 Å². The number of anilines is 1. The van der Waals surface area contributed by atoms with Crippen LogP contribution in [-0.4, -0.2) is 21.7 Å². The predicted octanol–water partition coefficient (Wildman–Crippen LogP) is 1.61. The van der Waals surface area contributed by atoms with Crippen molar-refractivity contribution in [2.24, 2.45) is 0 Å². The summed E-state index contributed by atoms with van der Waals surface area (Å²) in [5.74, 6) is -1.10. The largest absolute Gasteiger partial charge is 0.505 e. The van der Waals surface area contributed by atoms with E-state index in [9.17, 15) is 24.8 Å². The van der Waals surface area contributed by atoms with Gasteiger partial charge in [0.1, 0.15) is 11.5 Å². The number of phenolic OH excluding ortho intramolecular Hbond substituents is 1. The van der Waals surface area contributed by atoms with E-state index < -0.39 is 16.5 Å². The number of aromatic hydroxyl groups is 1. The highest BCUT2D eigenvalue weighted by molar-refractivity contribution is 5.96. The van der Waals surface area contributed by atoms with E-state index in [1.54, 1.807) is 0 Å². The Balaban J connectivity index is 2.86. The highest BCUT2D eigenvalue weighted by Gasteiger charge is 2.19. The fourth-order valence-corrected chi connectivity index (χ4v) is 1.30. The molecule has 0 unspecified atom stereocenters. The second-order valence-corrected chi connectivity index (χ2v) is 3.68. The number of nitro benzene ring substituents is 1. The standard InChI is InChI=1S/C11H12N2O5/c1-7(14)5-6-10(16)12-11-8(13(17)18)3-2-4-9(11)15/h2-4,15H,5-6H2,1H3,(H,12,16). The molecule has 0 heterocycles. The summed E-state index contributed by atoms with van der Waals surface area (Å²) in [5, 5.41) is 22.4. The fraction of sp³-hybridized carbons (Fsp3) is 0.273. The van der Waals surface area contributed by atoms with E-state index in [2.05, 4.69) is 5.32 Å². The summed E-state index contributed by atoms with van der Waals surface area (Å²) in [7, 11) is 0. The summed E-state index contributed by atoms with van der Waals surface area (Å²) >= 11 is 0. The maximum atomic E-state index is 11.4. The zero-order chi connectivity index (χ0) is 13.7. The Labute approximate surface area is 103 Å². The minimum absolute atomic E-state index is 0.0488. The summed E-state index contributed by atoms with van der Waals surface area (Å²) in [4.78, 5) is 32.2. The molecular formula is C11H12N2O5. The average molecular weight is 252 g/mol. The zero-order valence-electron chi connectivity index (χ0n) is 9.67. The summed E-state index contributed by atoms with van der Waals surface area (Å²) < 4.78 is 0. The Morgan fingerprint density at radius 1 is 1.39 bits per heavy atom. The maximum absolute atomic E-state index is 11.4. The molecule has 0 aromatic heterocycles. The molecule has 0 spiro atoms. The molecule has 0 atom stereocenters. The number of carbonyl (C=O) groups is 2. The number of nitrogens with one attached hydrogen (secondary N) is 1. The van der Waals surface area contributed by atoms with Gasteiger partial charge in [-0.1, -0.05) is 6.07 Å². The Morgan fingerprint density at radius 3 is 2.61 bits per heavy atom. The van der Waals surface area contributed by atoms with Crippen molar-refractivity contribution in [1.29, 1.82) is 0 Å². The van der Waals surface area contributed by atoms with E-state index in [-0.39, 0.29) is 30.1 Å². The predicted molar refractivity (Wildman–Crippen MR) is 63.3 cm³/mol. The van der Waals surface area contributed by atoms with Gasteiger partial charge < -0.3 is 15.2 Å². The molecule has 1 amide bonds. The van der Waals surface area contributed by atoms with E-state index in [1.807, 2.05) is 0 Å². The van der Waals surface area contributed by atoms with Gasteiger partial charge in [-0.15, -0.1) is 0 Å². The molecule has 18 heavy (non-hydrogen) atoms. The summed E-state index contributed by atoms with van der Waals surface area (Å²) in [5.41, 5.74) is -0.651. The summed E-state index contributed by atoms with van der Waals surface area (Å²) in [6.07, 6.45) is -0.0337. The number of para-hydroxylation sites is 1. The first-order valence-electron chi connectivity index (χ1n) is 5.17. The molecule has 1 rings (SSSR count). The third kappa shape index (κ3) is 3.55. The summed E-state index contributed by atoms with van der Waals surface area (Å²) in [6.45, 7) is 1.34. The number of ketones is 1. The Hall–Kier alpha value is -2.44. The number of Topliss-reactive ketones (excluding diaryl/α,β-unsaturated/α-hetero) is 1. The van der Waals surface area contributed by atoms with Gasteiger partial charge in [-0.3, -0.25) is 14.9 Å². The second kappa shape index (κ2) is 5.76. The van der Waals surface area contributed by atoms with Gasteiger partial charge in [0, 0.05) is 18.9 Å². The van der Waals surface area contributed by atoms with Crippen LogP contribution < -0.4 is 5.32 Å². The van der Waals surface area contributed by atoms with Crippen molar-refractivity contribution in [1.82, 2.24) is 0 Å². The van der Waals surface area contributed by atoms with Gasteiger partial charge in [-0.25, -0.2) is 0 Å². The van der Waals surface area contributed by atoms with E-state index in [0.29, 0.717) is 0 Å². The quantitative estimate of drug-likeness (QED) is 0.470. The molecule has 0 saturated carbocycles. The number of nitro groups is 1. The van der Waals surface area contributed by atoms with Crippen molar-refractivity contribution in [2.45, 2.75) is 19.8 Å². The van der Waals surface area contributed by atoms with Crippen LogP contribution >= 0.6 is 0 Å². The van der Waals surface area contributed by atoms with Crippen LogP contribution in [0.2, 0.25) is 0 Å². The fourth-order valence-electron chi connectivity index (χ4n) is 1.30. The number of hydrogen-bond donors (Lipinski definition) is 2. The molecule has 0 aliphatic carbocycles. The van der Waals surface area contributed by atoms with Crippen molar-refractivity contribution >= 4 is 23.1 Å². The molecule has 0 radical (unpaired) electrons. The third-order valence-electron chi connectivity index (χ3n) is 2.19. The molecule has 0 saturated heterocycles. The molecule has 7 nitrogen and oxygen atoms in total. The number of nitrogens with zero attached hydrogens (tertiary/aromatic N) is 1. The van der Waals surface area contributed by atoms with Gasteiger partial charge >= 0.3 is 0 Å². The minimum Gasteiger partial charge on any atom is -0.505 e. The molecular weight excluding hydrogens is 240 g/mol. The smallest absolute Gasteiger partial charge is 0.296 e. The highest BCUT2D eigenvalue weighted by Crippen LogP contribution is 2.33. The van der Waals surface area contributed by atoms with Crippen LogP contribution in [0.1, 0.15) is 19.8 Å². The lowest BCUT2D eigenvalue weighted by Crippen LogP contribution is -2.13. The van der Waals surface area contributed by atoms with Crippen molar-refractivity contribution in [3.63, 3.8) is 0 Å². The monoisotopic (exact) mass is 252 g/mol. The Morgan fingerprint density at radius 2 is 2.06 bits per heavy atom. The number of phenols is 1. The number of hydrogen-bond acceptors (Lipinski definition) is 5.